The highest BCUT2D eigenvalue weighted by Gasteiger charge is 2.36. The number of nitrogens with zero attached hydrogens (tertiary/aromatic N) is 4. The highest BCUT2D eigenvalue weighted by molar-refractivity contribution is 5.93. The van der Waals surface area contributed by atoms with Crippen LogP contribution in [0.1, 0.15) is 35.4 Å². The average molecular weight is 348 g/mol. The second-order valence-electron chi connectivity index (χ2n) is 6.38. The molecule has 1 saturated carbocycles. The quantitative estimate of drug-likeness (QED) is 0.865. The van der Waals surface area contributed by atoms with Crippen LogP contribution in [-0.2, 0) is 0 Å². The zero-order valence-corrected chi connectivity index (χ0v) is 14.1. The molecule has 25 heavy (non-hydrogen) atoms. The summed E-state index contributed by atoms with van der Waals surface area (Å²) in [5, 5.41) is 27.9. The van der Waals surface area contributed by atoms with Crippen LogP contribution in [0.4, 0.5) is 4.39 Å². The van der Waals surface area contributed by atoms with Crippen molar-refractivity contribution in [2.45, 2.75) is 44.4 Å². The standard InChI is InChI=1S/C17H21FN4O3/c1-10-15(19-20-22(10)12-8-6-11(18)7-9-12)17(25)21(2)13-4-3-5-14(23)16(13)24/h6-9,13-14,16,23-24H,3-5H2,1-2H3/t13-,14-,16-/m1/s1. The van der Waals surface area contributed by atoms with Crippen LogP contribution >= 0.6 is 0 Å². The first kappa shape index (κ1) is 17.5. The molecule has 2 aromatic rings. The summed E-state index contributed by atoms with van der Waals surface area (Å²) in [5.74, 6) is -0.730. The van der Waals surface area contributed by atoms with E-state index in [1.54, 1.807) is 26.1 Å². The van der Waals surface area contributed by atoms with E-state index in [4.69, 9.17) is 0 Å². The zero-order chi connectivity index (χ0) is 18.1. The van der Waals surface area contributed by atoms with Crippen molar-refractivity contribution in [3.63, 3.8) is 0 Å². The summed E-state index contributed by atoms with van der Waals surface area (Å²) in [5.41, 5.74) is 1.29. The number of benzene rings is 1. The Morgan fingerprint density at radius 1 is 1.28 bits per heavy atom. The first-order chi connectivity index (χ1) is 11.9. The van der Waals surface area contributed by atoms with E-state index in [-0.39, 0.29) is 17.4 Å². The van der Waals surface area contributed by atoms with Gasteiger partial charge in [0.2, 0.25) is 0 Å². The van der Waals surface area contributed by atoms with Crippen molar-refractivity contribution < 1.29 is 19.4 Å². The molecule has 8 heteroatoms. The molecule has 1 fully saturated rings. The number of likely N-dealkylation sites (N-methyl/N-ethyl adjacent to an activating group) is 1. The highest BCUT2D eigenvalue weighted by atomic mass is 19.1. The summed E-state index contributed by atoms with van der Waals surface area (Å²) in [4.78, 5) is 14.2. The fourth-order valence-electron chi connectivity index (χ4n) is 3.23. The molecule has 134 valence electrons. The monoisotopic (exact) mass is 348 g/mol. The number of halogens is 1. The molecule has 3 rings (SSSR count). The minimum absolute atomic E-state index is 0.166. The lowest BCUT2D eigenvalue weighted by Crippen LogP contribution is -2.51. The maximum Gasteiger partial charge on any atom is 0.276 e. The van der Waals surface area contributed by atoms with Gasteiger partial charge in [0, 0.05) is 7.05 Å². The second kappa shape index (κ2) is 6.89. The molecule has 0 unspecified atom stereocenters. The van der Waals surface area contributed by atoms with Gasteiger partial charge in [-0.25, -0.2) is 9.07 Å². The van der Waals surface area contributed by atoms with Gasteiger partial charge in [-0.05, 0) is 50.5 Å². The lowest BCUT2D eigenvalue weighted by atomic mass is 9.89. The van der Waals surface area contributed by atoms with Crippen LogP contribution in [0.5, 0.6) is 0 Å². The van der Waals surface area contributed by atoms with E-state index in [1.165, 1.54) is 21.7 Å². The van der Waals surface area contributed by atoms with Gasteiger partial charge in [-0.3, -0.25) is 4.79 Å². The van der Waals surface area contributed by atoms with Gasteiger partial charge in [0.25, 0.3) is 5.91 Å². The lowest BCUT2D eigenvalue weighted by molar-refractivity contribution is -0.0527. The average Bonchev–Trinajstić information content (AvgIpc) is 2.98. The Kier molecular flexibility index (Phi) is 4.82. The van der Waals surface area contributed by atoms with E-state index in [2.05, 4.69) is 10.3 Å². The molecule has 0 aliphatic heterocycles. The molecule has 0 bridgehead atoms. The number of rotatable bonds is 3. The predicted octanol–water partition coefficient (Wildman–Crippen LogP) is 1.06. The molecule has 1 heterocycles. The van der Waals surface area contributed by atoms with Crippen molar-refractivity contribution in [1.29, 1.82) is 0 Å². The number of hydrogen-bond donors (Lipinski definition) is 2. The summed E-state index contributed by atoms with van der Waals surface area (Å²) in [7, 11) is 1.59. The number of carbonyl (C=O) groups excluding carboxylic acids is 1. The van der Waals surface area contributed by atoms with Crippen LogP contribution in [0.25, 0.3) is 5.69 Å². The van der Waals surface area contributed by atoms with Crippen LogP contribution in [0.2, 0.25) is 0 Å². The van der Waals surface area contributed by atoms with Crippen molar-refractivity contribution in [1.82, 2.24) is 19.9 Å². The number of aliphatic hydroxyl groups is 2. The summed E-state index contributed by atoms with van der Waals surface area (Å²) in [6.07, 6.45) is 0.0764. The Balaban J connectivity index is 1.84. The van der Waals surface area contributed by atoms with E-state index < -0.39 is 18.2 Å². The van der Waals surface area contributed by atoms with Gasteiger partial charge in [-0.15, -0.1) is 5.10 Å². The third-order valence-corrected chi connectivity index (χ3v) is 4.77. The molecule has 1 amide bonds. The topological polar surface area (TPSA) is 91.5 Å². The summed E-state index contributed by atoms with van der Waals surface area (Å²) in [6.45, 7) is 1.70. The van der Waals surface area contributed by atoms with Crippen molar-refractivity contribution in [3.05, 3.63) is 41.5 Å². The van der Waals surface area contributed by atoms with E-state index in [1.807, 2.05) is 0 Å². The van der Waals surface area contributed by atoms with Crippen LogP contribution in [-0.4, -0.2) is 61.3 Å². The van der Waals surface area contributed by atoms with Crippen molar-refractivity contribution in [2.75, 3.05) is 7.05 Å². The van der Waals surface area contributed by atoms with Gasteiger partial charge in [0.15, 0.2) is 5.69 Å². The number of aliphatic hydroxyl groups excluding tert-OH is 2. The first-order valence-electron chi connectivity index (χ1n) is 8.21. The van der Waals surface area contributed by atoms with Crippen molar-refractivity contribution >= 4 is 5.91 Å². The molecule has 1 aliphatic carbocycles. The summed E-state index contributed by atoms with van der Waals surface area (Å²) >= 11 is 0. The molecule has 2 N–H and O–H groups in total. The molecule has 1 aliphatic rings. The molecular weight excluding hydrogens is 327 g/mol. The largest absolute Gasteiger partial charge is 0.390 e. The molecule has 1 aromatic carbocycles. The van der Waals surface area contributed by atoms with Gasteiger partial charge < -0.3 is 15.1 Å². The van der Waals surface area contributed by atoms with Crippen molar-refractivity contribution in [2.24, 2.45) is 0 Å². The summed E-state index contributed by atoms with van der Waals surface area (Å²) in [6, 6.07) is 5.26. The number of hydrogen-bond acceptors (Lipinski definition) is 5. The Morgan fingerprint density at radius 3 is 2.64 bits per heavy atom. The number of amides is 1. The van der Waals surface area contributed by atoms with Crippen molar-refractivity contribution in [3.8, 4) is 5.69 Å². The second-order valence-corrected chi connectivity index (χ2v) is 6.38. The van der Waals surface area contributed by atoms with Gasteiger partial charge in [-0.1, -0.05) is 5.21 Å². The predicted molar refractivity (Wildman–Crippen MR) is 87.8 cm³/mol. The Bertz CT molecular complexity index is 762. The van der Waals surface area contributed by atoms with Gasteiger partial charge in [-0.2, -0.15) is 0 Å². The van der Waals surface area contributed by atoms with E-state index in [0.29, 0.717) is 24.2 Å². The van der Waals surface area contributed by atoms with Gasteiger partial charge >= 0.3 is 0 Å². The maximum atomic E-state index is 13.1. The first-order valence-corrected chi connectivity index (χ1v) is 8.21. The molecule has 3 atom stereocenters. The minimum atomic E-state index is -0.977. The third-order valence-electron chi connectivity index (χ3n) is 4.77. The van der Waals surface area contributed by atoms with E-state index >= 15 is 0 Å². The SMILES string of the molecule is Cc1c(C(=O)N(C)[C@@H]2CCC[C@@H](O)[C@@H]2O)nnn1-c1ccc(F)cc1. The van der Waals surface area contributed by atoms with Gasteiger partial charge in [0.05, 0.1) is 23.5 Å². The van der Waals surface area contributed by atoms with Gasteiger partial charge in [0.1, 0.15) is 11.9 Å². The molecule has 7 nitrogen and oxygen atoms in total. The van der Waals surface area contributed by atoms with E-state index in [9.17, 15) is 19.4 Å². The highest BCUT2D eigenvalue weighted by Crippen LogP contribution is 2.24. The molecular formula is C17H21FN4O3. The number of carbonyl (C=O) groups is 1. The molecule has 0 saturated heterocycles. The lowest BCUT2D eigenvalue weighted by Gasteiger charge is -2.37. The number of aromatic nitrogens is 3. The Morgan fingerprint density at radius 2 is 1.96 bits per heavy atom. The van der Waals surface area contributed by atoms with E-state index in [0.717, 1.165) is 6.42 Å². The Labute approximate surface area is 144 Å². The molecule has 0 radical (unpaired) electrons. The van der Waals surface area contributed by atoms with Crippen LogP contribution < -0.4 is 0 Å². The normalized spacial score (nSPS) is 23.5. The smallest absolute Gasteiger partial charge is 0.276 e. The minimum Gasteiger partial charge on any atom is -0.390 e. The fraction of sp³-hybridized carbons (Fsp3) is 0.471. The fourth-order valence-corrected chi connectivity index (χ4v) is 3.23. The zero-order valence-electron chi connectivity index (χ0n) is 14.1. The third kappa shape index (κ3) is 3.27. The summed E-state index contributed by atoms with van der Waals surface area (Å²) < 4.78 is 14.5. The maximum absolute atomic E-state index is 13.1. The van der Waals surface area contributed by atoms with Crippen LogP contribution in [0.15, 0.2) is 24.3 Å². The molecule has 1 aromatic heterocycles. The van der Waals surface area contributed by atoms with Crippen LogP contribution in [0, 0.1) is 12.7 Å². The molecule has 0 spiro atoms. The van der Waals surface area contributed by atoms with Crippen LogP contribution in [0.3, 0.4) is 0 Å². The Hall–Kier alpha value is -2.32.